The van der Waals surface area contributed by atoms with Crippen LogP contribution in [0.5, 0.6) is 5.75 Å². The van der Waals surface area contributed by atoms with Gasteiger partial charge in [-0.2, -0.15) is 0 Å². The van der Waals surface area contributed by atoms with Gasteiger partial charge < -0.3 is 15.0 Å². The van der Waals surface area contributed by atoms with E-state index in [0.29, 0.717) is 27.9 Å². The van der Waals surface area contributed by atoms with Crippen molar-refractivity contribution in [3.63, 3.8) is 0 Å². The van der Waals surface area contributed by atoms with E-state index in [9.17, 15) is 18.0 Å². The van der Waals surface area contributed by atoms with Crippen LogP contribution in [0.4, 0.5) is 5.69 Å². The zero-order valence-corrected chi connectivity index (χ0v) is 24.5. The second-order valence-electron chi connectivity index (χ2n) is 8.87. The summed E-state index contributed by atoms with van der Waals surface area (Å²) in [5.41, 5.74) is 1.76. The molecule has 0 aliphatic heterocycles. The normalized spacial score (nSPS) is 11.9. The summed E-state index contributed by atoms with van der Waals surface area (Å²) >= 11 is 12.2. The van der Waals surface area contributed by atoms with E-state index < -0.39 is 28.5 Å². The molecule has 0 saturated carbocycles. The number of benzene rings is 3. The predicted octanol–water partition coefficient (Wildman–Crippen LogP) is 5.06. The lowest BCUT2D eigenvalue weighted by molar-refractivity contribution is -0.139. The smallest absolute Gasteiger partial charge is 0.264 e. The molecular weight excluding hydrogens is 561 g/mol. The number of nitrogens with zero attached hydrogens (tertiary/aromatic N) is 2. The molecular formula is C28H31Cl2N3O5S. The number of carbonyl (C=O) groups is 2. The number of likely N-dealkylation sites (N-methyl/N-ethyl adjacent to an activating group) is 1. The van der Waals surface area contributed by atoms with E-state index in [4.69, 9.17) is 27.9 Å². The lowest BCUT2D eigenvalue weighted by Gasteiger charge is -2.32. The molecule has 0 fully saturated rings. The standard InChI is InChI=1S/C28H31Cl2N3O5S/c1-5-31-28(35)20(3)32(17-21-11-14-25(29)26(30)15-21)27(34)18-33(22-7-6-8-23(16-22)38-4)39(36,37)24-12-9-19(2)10-13-24/h6-16,20H,5,17-18H2,1-4H3,(H,31,35). The number of aryl methyl sites for hydroxylation is 1. The Hall–Kier alpha value is -3.27. The fourth-order valence-electron chi connectivity index (χ4n) is 3.87. The fraction of sp³-hybridized carbons (Fsp3) is 0.286. The molecule has 0 radical (unpaired) electrons. The second-order valence-corrected chi connectivity index (χ2v) is 11.5. The topological polar surface area (TPSA) is 96.0 Å². The molecule has 3 aromatic carbocycles. The number of hydrogen-bond acceptors (Lipinski definition) is 5. The molecule has 0 spiro atoms. The Bertz CT molecular complexity index is 1430. The molecule has 0 aliphatic carbocycles. The molecule has 0 heterocycles. The minimum absolute atomic E-state index is 0.00452. The quantitative estimate of drug-likeness (QED) is 0.336. The minimum Gasteiger partial charge on any atom is -0.497 e. The number of sulfonamides is 1. The lowest BCUT2D eigenvalue weighted by Crippen LogP contribution is -2.51. The number of hydrogen-bond donors (Lipinski definition) is 1. The summed E-state index contributed by atoms with van der Waals surface area (Å²) in [7, 11) is -2.71. The molecule has 0 saturated heterocycles. The van der Waals surface area contributed by atoms with Crippen LogP contribution in [-0.4, -0.2) is 51.4 Å². The number of halogens is 2. The maximum Gasteiger partial charge on any atom is 0.264 e. The highest BCUT2D eigenvalue weighted by atomic mass is 35.5. The summed E-state index contributed by atoms with van der Waals surface area (Å²) in [5, 5.41) is 3.37. The van der Waals surface area contributed by atoms with Crippen molar-refractivity contribution in [2.75, 3.05) is 24.5 Å². The van der Waals surface area contributed by atoms with Crippen LogP contribution in [0.15, 0.2) is 71.6 Å². The van der Waals surface area contributed by atoms with Gasteiger partial charge in [0, 0.05) is 19.2 Å². The van der Waals surface area contributed by atoms with E-state index in [0.717, 1.165) is 9.87 Å². The molecule has 0 aliphatic rings. The van der Waals surface area contributed by atoms with Crippen molar-refractivity contribution >= 4 is 50.7 Å². The average molecular weight is 593 g/mol. The molecule has 8 nitrogen and oxygen atoms in total. The van der Waals surface area contributed by atoms with Crippen LogP contribution in [0.3, 0.4) is 0 Å². The van der Waals surface area contributed by atoms with E-state index in [1.54, 1.807) is 62.4 Å². The monoisotopic (exact) mass is 591 g/mol. The van der Waals surface area contributed by atoms with E-state index >= 15 is 0 Å². The van der Waals surface area contributed by atoms with Crippen LogP contribution in [-0.2, 0) is 26.2 Å². The first-order valence-corrected chi connectivity index (χ1v) is 14.4. The molecule has 3 aromatic rings. The van der Waals surface area contributed by atoms with Gasteiger partial charge in [0.2, 0.25) is 11.8 Å². The van der Waals surface area contributed by atoms with Crippen LogP contribution in [0.2, 0.25) is 10.0 Å². The summed E-state index contributed by atoms with van der Waals surface area (Å²) < 4.78 is 34.0. The molecule has 3 rings (SSSR count). The van der Waals surface area contributed by atoms with Crippen LogP contribution in [0.1, 0.15) is 25.0 Å². The van der Waals surface area contributed by atoms with Gasteiger partial charge >= 0.3 is 0 Å². The van der Waals surface area contributed by atoms with Gasteiger partial charge in [-0.25, -0.2) is 8.42 Å². The third-order valence-electron chi connectivity index (χ3n) is 6.08. The Morgan fingerprint density at radius 3 is 2.31 bits per heavy atom. The zero-order chi connectivity index (χ0) is 28.7. The second kappa shape index (κ2) is 13.2. The first-order valence-electron chi connectivity index (χ1n) is 12.2. The summed E-state index contributed by atoms with van der Waals surface area (Å²) in [6.45, 7) is 5.03. The van der Waals surface area contributed by atoms with Crippen molar-refractivity contribution in [3.8, 4) is 5.75 Å². The molecule has 39 heavy (non-hydrogen) atoms. The van der Waals surface area contributed by atoms with Crippen LogP contribution in [0, 0.1) is 6.92 Å². The third kappa shape index (κ3) is 7.44. The van der Waals surface area contributed by atoms with E-state index in [2.05, 4.69) is 5.32 Å². The first-order chi connectivity index (χ1) is 18.5. The van der Waals surface area contributed by atoms with Gasteiger partial charge in [0.25, 0.3) is 10.0 Å². The summed E-state index contributed by atoms with van der Waals surface area (Å²) in [4.78, 5) is 28.0. The van der Waals surface area contributed by atoms with Crippen molar-refractivity contribution in [2.24, 2.45) is 0 Å². The molecule has 1 N–H and O–H groups in total. The molecule has 2 amide bonds. The summed E-state index contributed by atoms with van der Waals surface area (Å²) in [6, 6.07) is 16.8. The van der Waals surface area contributed by atoms with Crippen LogP contribution in [0.25, 0.3) is 0 Å². The summed E-state index contributed by atoms with van der Waals surface area (Å²) in [6.07, 6.45) is 0. The van der Waals surface area contributed by atoms with Gasteiger partial charge in [-0.05, 0) is 62.7 Å². The van der Waals surface area contributed by atoms with E-state index in [1.165, 1.54) is 30.2 Å². The fourth-order valence-corrected chi connectivity index (χ4v) is 5.60. The first kappa shape index (κ1) is 30.3. The van der Waals surface area contributed by atoms with Crippen molar-refractivity contribution in [1.82, 2.24) is 10.2 Å². The average Bonchev–Trinajstić information content (AvgIpc) is 2.92. The van der Waals surface area contributed by atoms with Gasteiger partial charge in [0.1, 0.15) is 18.3 Å². The number of methoxy groups -OCH3 is 1. The number of anilines is 1. The number of ether oxygens (including phenoxy) is 1. The van der Waals surface area contributed by atoms with Crippen LogP contribution >= 0.6 is 23.2 Å². The highest BCUT2D eigenvalue weighted by Crippen LogP contribution is 2.28. The van der Waals surface area contributed by atoms with E-state index in [-0.39, 0.29) is 23.0 Å². The molecule has 208 valence electrons. The number of carbonyl (C=O) groups excluding carboxylic acids is 2. The molecule has 0 aromatic heterocycles. The summed E-state index contributed by atoms with van der Waals surface area (Å²) in [5.74, 6) is -0.536. The maximum absolute atomic E-state index is 13.9. The Kier molecular flexibility index (Phi) is 10.2. The Labute approximate surface area is 239 Å². The third-order valence-corrected chi connectivity index (χ3v) is 8.61. The number of amides is 2. The van der Waals surface area contributed by atoms with Crippen molar-refractivity contribution < 1.29 is 22.7 Å². The van der Waals surface area contributed by atoms with Gasteiger partial charge in [0.05, 0.1) is 27.7 Å². The predicted molar refractivity (Wildman–Crippen MR) is 154 cm³/mol. The maximum atomic E-state index is 13.9. The van der Waals surface area contributed by atoms with Gasteiger partial charge in [-0.1, -0.05) is 53.0 Å². The van der Waals surface area contributed by atoms with Crippen molar-refractivity contribution in [2.45, 2.75) is 38.3 Å². The Balaban J connectivity index is 2.06. The van der Waals surface area contributed by atoms with Crippen LogP contribution < -0.4 is 14.4 Å². The van der Waals surface area contributed by atoms with Crippen molar-refractivity contribution in [3.05, 3.63) is 87.9 Å². The Morgan fingerprint density at radius 1 is 1.00 bits per heavy atom. The van der Waals surface area contributed by atoms with Gasteiger partial charge in [0.15, 0.2) is 0 Å². The van der Waals surface area contributed by atoms with Gasteiger partial charge in [-0.15, -0.1) is 0 Å². The minimum atomic E-state index is -4.17. The molecule has 11 heteroatoms. The zero-order valence-electron chi connectivity index (χ0n) is 22.1. The lowest BCUT2D eigenvalue weighted by atomic mass is 10.1. The molecule has 1 atom stereocenters. The molecule has 1 unspecified atom stereocenters. The van der Waals surface area contributed by atoms with E-state index in [1.807, 2.05) is 6.92 Å². The number of rotatable bonds is 11. The van der Waals surface area contributed by atoms with Gasteiger partial charge in [-0.3, -0.25) is 13.9 Å². The largest absolute Gasteiger partial charge is 0.497 e. The number of nitrogens with one attached hydrogen (secondary N) is 1. The Morgan fingerprint density at radius 2 is 1.69 bits per heavy atom. The highest BCUT2D eigenvalue weighted by Gasteiger charge is 2.32. The highest BCUT2D eigenvalue weighted by molar-refractivity contribution is 7.92. The molecule has 0 bridgehead atoms. The SMILES string of the molecule is CCNC(=O)C(C)N(Cc1ccc(Cl)c(Cl)c1)C(=O)CN(c1cccc(OC)c1)S(=O)(=O)c1ccc(C)cc1. The van der Waals surface area contributed by atoms with Crippen molar-refractivity contribution in [1.29, 1.82) is 0 Å².